The fourth-order valence-corrected chi connectivity index (χ4v) is 2.40. The van der Waals surface area contributed by atoms with Crippen LogP contribution in [-0.2, 0) is 0 Å². The predicted molar refractivity (Wildman–Crippen MR) is 74.2 cm³/mol. The van der Waals surface area contributed by atoms with Gasteiger partial charge in [0.05, 0.1) is 12.8 Å². The molecule has 2 aromatic rings. The van der Waals surface area contributed by atoms with Crippen molar-refractivity contribution in [2.24, 2.45) is 0 Å². The fraction of sp³-hybridized carbons (Fsp3) is 0.333. The number of imidazole rings is 1. The van der Waals surface area contributed by atoms with E-state index >= 15 is 0 Å². The summed E-state index contributed by atoms with van der Waals surface area (Å²) in [6.45, 7) is 7.93. The van der Waals surface area contributed by atoms with Crippen molar-refractivity contribution in [2.75, 3.05) is 7.11 Å². The molecule has 4 nitrogen and oxygen atoms in total. The lowest BCUT2D eigenvalue weighted by molar-refractivity contribution is 0.411. The van der Waals surface area contributed by atoms with E-state index in [1.54, 1.807) is 7.11 Å². The lowest BCUT2D eigenvalue weighted by Crippen LogP contribution is -1.97. The minimum absolute atomic E-state index is 0.438. The maximum atomic E-state index is 9.19. The normalized spacial score (nSPS) is 10.3. The van der Waals surface area contributed by atoms with Crippen LogP contribution in [0.3, 0.4) is 0 Å². The number of rotatable bonds is 2. The smallest absolute Gasteiger partial charge is 0.166 e. The Kier molecular flexibility index (Phi) is 3.30. The molecule has 1 aromatic carbocycles. The van der Waals surface area contributed by atoms with Gasteiger partial charge in [0, 0.05) is 5.56 Å². The van der Waals surface area contributed by atoms with Gasteiger partial charge in [0.2, 0.25) is 0 Å². The number of benzene rings is 1. The summed E-state index contributed by atoms with van der Waals surface area (Å²) in [5.41, 5.74) is 5.53. The summed E-state index contributed by atoms with van der Waals surface area (Å²) in [5.74, 6) is 1.62. The Morgan fingerprint density at radius 1 is 1.21 bits per heavy atom. The lowest BCUT2D eigenvalue weighted by atomic mass is 9.94. The van der Waals surface area contributed by atoms with Crippen molar-refractivity contribution in [3.05, 3.63) is 34.3 Å². The number of hydrogen-bond donors (Lipinski definition) is 1. The van der Waals surface area contributed by atoms with E-state index in [4.69, 9.17) is 4.74 Å². The molecule has 1 heterocycles. The third-order valence-corrected chi connectivity index (χ3v) is 3.45. The van der Waals surface area contributed by atoms with E-state index in [0.29, 0.717) is 5.69 Å². The van der Waals surface area contributed by atoms with Gasteiger partial charge in [0.1, 0.15) is 17.6 Å². The van der Waals surface area contributed by atoms with Crippen LogP contribution in [0.2, 0.25) is 0 Å². The second kappa shape index (κ2) is 4.77. The first-order chi connectivity index (χ1) is 8.99. The predicted octanol–water partition coefficient (Wildman–Crippen LogP) is 3.19. The van der Waals surface area contributed by atoms with Crippen LogP contribution < -0.4 is 4.74 Å². The van der Waals surface area contributed by atoms with E-state index in [9.17, 15) is 5.26 Å². The Labute approximate surface area is 113 Å². The van der Waals surface area contributed by atoms with Crippen molar-refractivity contribution in [3.63, 3.8) is 0 Å². The van der Waals surface area contributed by atoms with Gasteiger partial charge in [-0.05, 0) is 50.5 Å². The van der Waals surface area contributed by atoms with Crippen molar-refractivity contribution in [2.45, 2.75) is 27.7 Å². The van der Waals surface area contributed by atoms with E-state index in [1.165, 1.54) is 0 Å². The van der Waals surface area contributed by atoms with Crippen LogP contribution in [0.25, 0.3) is 11.3 Å². The van der Waals surface area contributed by atoms with Crippen LogP contribution in [0.15, 0.2) is 6.07 Å². The molecule has 0 radical (unpaired) electrons. The molecule has 0 unspecified atom stereocenters. The number of aromatic amines is 1. The van der Waals surface area contributed by atoms with Crippen LogP contribution in [0.4, 0.5) is 0 Å². The SMILES string of the molecule is COc1cc(C)c(-c2[nH]c(C)nc2C#N)c(C)c1C. The Bertz CT molecular complexity index is 678. The number of H-pyrrole nitrogens is 1. The third-order valence-electron chi connectivity index (χ3n) is 3.45. The van der Waals surface area contributed by atoms with E-state index in [-0.39, 0.29) is 0 Å². The molecule has 1 aromatic heterocycles. The maximum absolute atomic E-state index is 9.19. The van der Waals surface area contributed by atoms with Gasteiger partial charge in [0.25, 0.3) is 0 Å². The van der Waals surface area contributed by atoms with Gasteiger partial charge in [-0.3, -0.25) is 0 Å². The van der Waals surface area contributed by atoms with Gasteiger partial charge < -0.3 is 9.72 Å². The van der Waals surface area contributed by atoms with Gasteiger partial charge in [-0.15, -0.1) is 0 Å². The van der Waals surface area contributed by atoms with Gasteiger partial charge in [-0.1, -0.05) is 0 Å². The zero-order chi connectivity index (χ0) is 14.2. The largest absolute Gasteiger partial charge is 0.496 e. The molecule has 0 aliphatic heterocycles. The number of nitrogens with zero attached hydrogens (tertiary/aromatic N) is 2. The lowest BCUT2D eigenvalue weighted by Gasteiger charge is -2.15. The molecule has 0 fully saturated rings. The molecule has 0 bridgehead atoms. The highest BCUT2D eigenvalue weighted by atomic mass is 16.5. The highest BCUT2D eigenvalue weighted by Crippen LogP contribution is 2.34. The second-order valence-corrected chi connectivity index (χ2v) is 4.68. The first-order valence-electron chi connectivity index (χ1n) is 6.11. The minimum Gasteiger partial charge on any atom is -0.496 e. The molecule has 4 heteroatoms. The molecule has 0 aliphatic rings. The summed E-state index contributed by atoms with van der Waals surface area (Å²) in [6, 6.07) is 4.14. The monoisotopic (exact) mass is 255 g/mol. The molecule has 1 N–H and O–H groups in total. The van der Waals surface area contributed by atoms with Crippen LogP contribution in [0.1, 0.15) is 28.2 Å². The molecule has 2 rings (SSSR count). The third kappa shape index (κ3) is 2.08. The molecule has 0 amide bonds. The van der Waals surface area contributed by atoms with Gasteiger partial charge in [-0.2, -0.15) is 5.26 Å². The number of ether oxygens (including phenoxy) is 1. The standard InChI is InChI=1S/C15H17N3O/c1-8-6-13(19-5)9(2)10(3)14(8)15-12(7-16)17-11(4)18-15/h6H,1-5H3,(H,17,18). The Morgan fingerprint density at radius 2 is 1.89 bits per heavy atom. The van der Waals surface area contributed by atoms with E-state index in [2.05, 4.69) is 16.0 Å². The quantitative estimate of drug-likeness (QED) is 0.896. The molecule has 0 saturated heterocycles. The van der Waals surface area contributed by atoms with Crippen LogP contribution in [0, 0.1) is 39.0 Å². The number of nitrogens with one attached hydrogen (secondary N) is 1. The Hall–Kier alpha value is -2.28. The van der Waals surface area contributed by atoms with Crippen molar-refractivity contribution < 1.29 is 4.74 Å². The number of methoxy groups -OCH3 is 1. The first-order valence-corrected chi connectivity index (χ1v) is 6.11. The topological polar surface area (TPSA) is 61.7 Å². The molecule has 19 heavy (non-hydrogen) atoms. The maximum Gasteiger partial charge on any atom is 0.166 e. The second-order valence-electron chi connectivity index (χ2n) is 4.68. The van der Waals surface area contributed by atoms with Gasteiger partial charge >= 0.3 is 0 Å². The Morgan fingerprint density at radius 3 is 2.47 bits per heavy atom. The highest BCUT2D eigenvalue weighted by molar-refractivity contribution is 5.74. The van der Waals surface area contributed by atoms with Crippen LogP contribution >= 0.6 is 0 Å². The molecule has 0 saturated carbocycles. The van der Waals surface area contributed by atoms with E-state index in [0.717, 1.165) is 39.5 Å². The zero-order valence-corrected chi connectivity index (χ0v) is 11.9. The summed E-state index contributed by atoms with van der Waals surface area (Å²) in [4.78, 5) is 7.40. The summed E-state index contributed by atoms with van der Waals surface area (Å²) in [5, 5.41) is 9.19. The molecule has 0 aliphatic carbocycles. The van der Waals surface area contributed by atoms with Gasteiger partial charge in [0.15, 0.2) is 5.69 Å². The molecule has 0 atom stereocenters. The van der Waals surface area contributed by atoms with Gasteiger partial charge in [-0.25, -0.2) is 4.98 Å². The molecule has 0 spiro atoms. The van der Waals surface area contributed by atoms with Crippen molar-refractivity contribution in [1.29, 1.82) is 5.26 Å². The molecular weight excluding hydrogens is 238 g/mol. The average molecular weight is 255 g/mol. The van der Waals surface area contributed by atoms with E-state index in [1.807, 2.05) is 33.8 Å². The van der Waals surface area contributed by atoms with Crippen molar-refractivity contribution in [3.8, 4) is 23.1 Å². The number of aryl methyl sites for hydroxylation is 2. The number of nitriles is 1. The van der Waals surface area contributed by atoms with Crippen molar-refractivity contribution in [1.82, 2.24) is 9.97 Å². The minimum atomic E-state index is 0.438. The van der Waals surface area contributed by atoms with Crippen LogP contribution in [-0.4, -0.2) is 17.1 Å². The summed E-state index contributed by atoms with van der Waals surface area (Å²) < 4.78 is 5.37. The summed E-state index contributed by atoms with van der Waals surface area (Å²) in [7, 11) is 1.67. The molecule has 98 valence electrons. The average Bonchev–Trinajstić information content (AvgIpc) is 2.75. The number of hydrogen-bond acceptors (Lipinski definition) is 3. The number of aromatic nitrogens is 2. The van der Waals surface area contributed by atoms with E-state index < -0.39 is 0 Å². The molecular formula is C15H17N3O. The van der Waals surface area contributed by atoms with Crippen molar-refractivity contribution >= 4 is 0 Å². The highest BCUT2D eigenvalue weighted by Gasteiger charge is 2.17. The van der Waals surface area contributed by atoms with Crippen LogP contribution in [0.5, 0.6) is 5.75 Å². The fourth-order valence-electron chi connectivity index (χ4n) is 2.40. The zero-order valence-electron chi connectivity index (χ0n) is 11.9. The Balaban J connectivity index is 2.76. The summed E-state index contributed by atoms with van der Waals surface area (Å²) in [6.07, 6.45) is 0. The summed E-state index contributed by atoms with van der Waals surface area (Å²) >= 11 is 0. The first kappa shape index (κ1) is 13.2.